The van der Waals surface area contributed by atoms with Gasteiger partial charge in [-0.15, -0.1) is 0 Å². The van der Waals surface area contributed by atoms with Crippen molar-refractivity contribution in [2.24, 2.45) is 5.41 Å². The number of hydrogen-bond donors (Lipinski definition) is 1. The first-order valence-electron chi connectivity index (χ1n) is 6.60. The van der Waals surface area contributed by atoms with E-state index in [1.807, 2.05) is 0 Å². The fourth-order valence-electron chi connectivity index (χ4n) is 2.82. The van der Waals surface area contributed by atoms with Crippen molar-refractivity contribution >= 4 is 5.97 Å². The van der Waals surface area contributed by atoms with Gasteiger partial charge < -0.3 is 10.0 Å². The lowest BCUT2D eigenvalue weighted by atomic mass is 9.85. The van der Waals surface area contributed by atoms with Crippen LogP contribution in [0.2, 0.25) is 0 Å². The molecule has 0 radical (unpaired) electrons. The second-order valence-corrected chi connectivity index (χ2v) is 5.07. The van der Waals surface area contributed by atoms with E-state index in [1.165, 1.54) is 0 Å². The Kier molecular flexibility index (Phi) is 5.26. The Morgan fingerprint density at radius 1 is 1.19 bits per heavy atom. The first-order valence-corrected chi connectivity index (χ1v) is 6.60. The van der Waals surface area contributed by atoms with Crippen LogP contribution in [-0.2, 0) is 4.79 Å². The first kappa shape index (κ1) is 13.5. The molecule has 3 heteroatoms. The van der Waals surface area contributed by atoms with Gasteiger partial charge in [-0.25, -0.2) is 0 Å². The van der Waals surface area contributed by atoms with Gasteiger partial charge in [0.1, 0.15) is 0 Å². The van der Waals surface area contributed by atoms with Crippen molar-refractivity contribution in [2.75, 3.05) is 19.6 Å². The van der Waals surface area contributed by atoms with E-state index in [9.17, 15) is 9.90 Å². The van der Waals surface area contributed by atoms with Gasteiger partial charge >= 0.3 is 5.97 Å². The molecule has 0 saturated heterocycles. The van der Waals surface area contributed by atoms with Crippen LogP contribution in [0.5, 0.6) is 0 Å². The summed E-state index contributed by atoms with van der Waals surface area (Å²) in [6, 6.07) is 0. The molecule has 0 aliphatic heterocycles. The lowest BCUT2D eigenvalue weighted by molar-refractivity contribution is -0.149. The molecule has 0 spiro atoms. The third-order valence-corrected chi connectivity index (χ3v) is 3.62. The van der Waals surface area contributed by atoms with Gasteiger partial charge in [0.25, 0.3) is 0 Å². The van der Waals surface area contributed by atoms with Gasteiger partial charge in [0.15, 0.2) is 0 Å². The minimum atomic E-state index is -0.581. The van der Waals surface area contributed by atoms with Crippen LogP contribution in [0.1, 0.15) is 52.4 Å². The van der Waals surface area contributed by atoms with E-state index in [0.717, 1.165) is 58.2 Å². The van der Waals surface area contributed by atoms with E-state index in [1.54, 1.807) is 0 Å². The van der Waals surface area contributed by atoms with Crippen molar-refractivity contribution in [3.05, 3.63) is 0 Å². The molecule has 0 aromatic heterocycles. The molecule has 1 aliphatic rings. The maximum absolute atomic E-state index is 11.4. The van der Waals surface area contributed by atoms with E-state index in [-0.39, 0.29) is 0 Å². The van der Waals surface area contributed by atoms with Crippen molar-refractivity contribution in [3.8, 4) is 0 Å². The van der Waals surface area contributed by atoms with E-state index < -0.39 is 11.4 Å². The van der Waals surface area contributed by atoms with Gasteiger partial charge in [-0.3, -0.25) is 4.79 Å². The van der Waals surface area contributed by atoms with Gasteiger partial charge in [-0.1, -0.05) is 26.7 Å². The van der Waals surface area contributed by atoms with Crippen molar-refractivity contribution in [2.45, 2.75) is 52.4 Å². The Balaban J connectivity index is 2.61. The second kappa shape index (κ2) is 6.24. The molecule has 0 aromatic carbocycles. The second-order valence-electron chi connectivity index (χ2n) is 5.07. The molecule has 0 unspecified atom stereocenters. The topological polar surface area (TPSA) is 40.5 Å². The Hall–Kier alpha value is -0.570. The SMILES string of the molecule is CCCN(CCC)CC1(C(=O)O)CCCC1. The van der Waals surface area contributed by atoms with Crippen LogP contribution in [0.25, 0.3) is 0 Å². The summed E-state index contributed by atoms with van der Waals surface area (Å²) in [7, 11) is 0. The average molecular weight is 227 g/mol. The average Bonchev–Trinajstić information content (AvgIpc) is 2.68. The van der Waals surface area contributed by atoms with E-state index in [2.05, 4.69) is 18.7 Å². The molecule has 1 fully saturated rings. The Labute approximate surface area is 98.8 Å². The van der Waals surface area contributed by atoms with Crippen LogP contribution in [-0.4, -0.2) is 35.6 Å². The van der Waals surface area contributed by atoms with Crippen molar-refractivity contribution in [1.29, 1.82) is 0 Å². The molecular weight excluding hydrogens is 202 g/mol. The number of carboxylic acid groups (broad SMARTS) is 1. The minimum absolute atomic E-state index is 0.440. The summed E-state index contributed by atoms with van der Waals surface area (Å²) >= 11 is 0. The smallest absolute Gasteiger partial charge is 0.310 e. The molecule has 1 rings (SSSR count). The summed E-state index contributed by atoms with van der Waals surface area (Å²) in [4.78, 5) is 13.8. The van der Waals surface area contributed by atoms with Gasteiger partial charge in [0.2, 0.25) is 0 Å². The number of carboxylic acids is 1. The molecule has 0 bridgehead atoms. The summed E-state index contributed by atoms with van der Waals surface area (Å²) in [6.45, 7) is 7.13. The van der Waals surface area contributed by atoms with Gasteiger partial charge in [-0.05, 0) is 38.8 Å². The Bertz CT molecular complexity index is 216. The highest BCUT2D eigenvalue weighted by Crippen LogP contribution is 2.39. The van der Waals surface area contributed by atoms with E-state index in [4.69, 9.17) is 0 Å². The maximum Gasteiger partial charge on any atom is 0.310 e. The van der Waals surface area contributed by atoms with E-state index >= 15 is 0 Å². The number of nitrogens with zero attached hydrogens (tertiary/aromatic N) is 1. The summed E-state index contributed by atoms with van der Waals surface area (Å²) in [5, 5.41) is 9.42. The molecule has 1 saturated carbocycles. The Morgan fingerprint density at radius 3 is 2.06 bits per heavy atom. The standard InChI is InChI=1S/C13H25NO2/c1-3-9-14(10-4-2)11-13(12(15)16)7-5-6-8-13/h3-11H2,1-2H3,(H,15,16). The summed E-state index contributed by atoms with van der Waals surface area (Å²) in [5.74, 6) is -0.581. The third kappa shape index (κ3) is 3.21. The zero-order chi connectivity index (χ0) is 12.0. The predicted octanol–water partition coefficient (Wildman–Crippen LogP) is 2.75. The summed E-state index contributed by atoms with van der Waals surface area (Å²) < 4.78 is 0. The number of hydrogen-bond acceptors (Lipinski definition) is 2. The Morgan fingerprint density at radius 2 is 1.69 bits per heavy atom. The van der Waals surface area contributed by atoms with Crippen LogP contribution in [0.15, 0.2) is 0 Å². The molecule has 94 valence electrons. The van der Waals surface area contributed by atoms with Crippen LogP contribution in [0.3, 0.4) is 0 Å². The lowest BCUT2D eigenvalue weighted by Crippen LogP contribution is -2.42. The van der Waals surface area contributed by atoms with Gasteiger partial charge in [0.05, 0.1) is 5.41 Å². The monoisotopic (exact) mass is 227 g/mol. The zero-order valence-corrected chi connectivity index (χ0v) is 10.7. The molecule has 1 N–H and O–H groups in total. The van der Waals surface area contributed by atoms with Crippen LogP contribution < -0.4 is 0 Å². The molecule has 0 amide bonds. The highest BCUT2D eigenvalue weighted by Gasteiger charge is 2.42. The summed E-state index contributed by atoms with van der Waals surface area (Å²) in [6.07, 6.45) is 6.11. The van der Waals surface area contributed by atoms with Crippen LogP contribution in [0, 0.1) is 5.41 Å². The lowest BCUT2D eigenvalue weighted by Gasteiger charge is -2.31. The fourth-order valence-corrected chi connectivity index (χ4v) is 2.82. The third-order valence-electron chi connectivity index (χ3n) is 3.62. The molecule has 0 atom stereocenters. The maximum atomic E-state index is 11.4. The van der Waals surface area contributed by atoms with Crippen molar-refractivity contribution in [1.82, 2.24) is 4.90 Å². The molecule has 16 heavy (non-hydrogen) atoms. The fraction of sp³-hybridized carbons (Fsp3) is 0.923. The van der Waals surface area contributed by atoms with Gasteiger partial charge in [0, 0.05) is 6.54 Å². The first-order chi connectivity index (χ1) is 7.64. The summed E-state index contributed by atoms with van der Waals surface area (Å²) in [5.41, 5.74) is -0.440. The van der Waals surface area contributed by atoms with Crippen LogP contribution >= 0.6 is 0 Å². The molecule has 0 aromatic rings. The molecule has 0 heterocycles. The molecule has 1 aliphatic carbocycles. The number of carbonyl (C=O) groups is 1. The number of rotatable bonds is 7. The highest BCUT2D eigenvalue weighted by atomic mass is 16.4. The van der Waals surface area contributed by atoms with Gasteiger partial charge in [-0.2, -0.15) is 0 Å². The molecule has 3 nitrogen and oxygen atoms in total. The minimum Gasteiger partial charge on any atom is -0.481 e. The zero-order valence-electron chi connectivity index (χ0n) is 10.7. The van der Waals surface area contributed by atoms with Crippen LogP contribution in [0.4, 0.5) is 0 Å². The predicted molar refractivity (Wildman–Crippen MR) is 65.6 cm³/mol. The van der Waals surface area contributed by atoms with E-state index in [0.29, 0.717) is 0 Å². The van der Waals surface area contributed by atoms with Crippen molar-refractivity contribution in [3.63, 3.8) is 0 Å². The van der Waals surface area contributed by atoms with Crippen molar-refractivity contribution < 1.29 is 9.90 Å². The highest BCUT2D eigenvalue weighted by molar-refractivity contribution is 5.75. The largest absolute Gasteiger partial charge is 0.481 e. The normalized spacial score (nSPS) is 19.2. The molecular formula is C13H25NO2. The quantitative estimate of drug-likeness (QED) is 0.727. The number of aliphatic carboxylic acids is 1.